The summed E-state index contributed by atoms with van der Waals surface area (Å²) >= 11 is 7.43. The van der Waals surface area contributed by atoms with Crippen molar-refractivity contribution in [1.82, 2.24) is 19.9 Å². The van der Waals surface area contributed by atoms with E-state index in [9.17, 15) is 13.9 Å². The molecule has 5 heterocycles. The molecule has 32 heavy (non-hydrogen) atoms. The third kappa shape index (κ3) is 3.88. The Morgan fingerprint density at radius 1 is 1.38 bits per heavy atom. The van der Waals surface area contributed by atoms with Gasteiger partial charge in [0, 0.05) is 42.8 Å². The number of hydrogen-bond acceptors (Lipinski definition) is 7. The average molecular weight is 489 g/mol. The second kappa shape index (κ2) is 8.56. The lowest BCUT2D eigenvalue weighted by molar-refractivity contribution is -0.210. The molecule has 0 aromatic carbocycles. The van der Waals surface area contributed by atoms with Gasteiger partial charge in [0.1, 0.15) is 5.60 Å². The van der Waals surface area contributed by atoms with Gasteiger partial charge in [-0.25, -0.2) is 13.5 Å². The second-order valence-corrected chi connectivity index (χ2v) is 10.8. The lowest BCUT2D eigenvalue weighted by Gasteiger charge is -2.49. The number of nitrogens with zero attached hydrogens (tertiary/aromatic N) is 4. The van der Waals surface area contributed by atoms with Crippen molar-refractivity contribution in [3.05, 3.63) is 32.7 Å². The van der Waals surface area contributed by atoms with E-state index in [0.717, 1.165) is 31.7 Å². The van der Waals surface area contributed by atoms with Crippen LogP contribution in [-0.4, -0.2) is 63.8 Å². The number of aliphatic hydroxyl groups is 1. The zero-order chi connectivity index (χ0) is 22.5. The smallest absolute Gasteiger partial charge is 0.273 e. The van der Waals surface area contributed by atoms with E-state index < -0.39 is 24.2 Å². The van der Waals surface area contributed by atoms with E-state index in [-0.39, 0.29) is 11.6 Å². The number of piperidine rings is 1. The Morgan fingerprint density at radius 2 is 2.16 bits per heavy atom. The molecule has 3 aliphatic heterocycles. The normalized spacial score (nSPS) is 32.0. The predicted molar refractivity (Wildman–Crippen MR) is 115 cm³/mol. The standard InChI is InChI=1S/C21H27ClF2N4O3S/c1-13-9-20(18-16(8-17(22)32-18)21(29,12-31-20)19(23)24)4-5-27(13)10-14-11-28(26-25-14)15-2-6-30-7-3-15/h8,11,13,15,19,29H,2-7,9-10,12H2,1H3/t13-,20+,21+/m0/s1. The summed E-state index contributed by atoms with van der Waals surface area (Å²) in [6, 6.07) is 1.94. The van der Waals surface area contributed by atoms with E-state index in [4.69, 9.17) is 21.1 Å². The van der Waals surface area contributed by atoms with Crippen molar-refractivity contribution in [3.63, 3.8) is 0 Å². The largest absolute Gasteiger partial charge is 0.381 e. The van der Waals surface area contributed by atoms with E-state index >= 15 is 0 Å². The second-order valence-electron chi connectivity index (χ2n) is 9.11. The average Bonchev–Trinajstić information content (AvgIpc) is 3.41. The van der Waals surface area contributed by atoms with Gasteiger partial charge in [-0.3, -0.25) is 4.90 Å². The summed E-state index contributed by atoms with van der Waals surface area (Å²) in [6.07, 6.45) is 2.22. The SMILES string of the molecule is C[C@H]1C[C@@]2(CCN1Cc1cn(C3CCOCC3)nn1)OC[C@](O)(C(F)F)c1cc(Cl)sc12. The Hall–Kier alpha value is -1.17. The lowest BCUT2D eigenvalue weighted by Crippen LogP contribution is -2.54. The molecule has 0 saturated carbocycles. The summed E-state index contributed by atoms with van der Waals surface area (Å²) in [5.74, 6) is 0. The van der Waals surface area contributed by atoms with Gasteiger partial charge in [-0.15, -0.1) is 16.4 Å². The first-order valence-electron chi connectivity index (χ1n) is 11.0. The minimum Gasteiger partial charge on any atom is -0.381 e. The van der Waals surface area contributed by atoms with Gasteiger partial charge >= 0.3 is 0 Å². The minimum absolute atomic E-state index is 0.128. The molecule has 0 aliphatic carbocycles. The summed E-state index contributed by atoms with van der Waals surface area (Å²) in [5.41, 5.74) is -1.89. The molecule has 0 bridgehead atoms. The van der Waals surface area contributed by atoms with Crippen LogP contribution in [0.2, 0.25) is 4.34 Å². The molecule has 1 spiro atoms. The van der Waals surface area contributed by atoms with Gasteiger partial charge in [-0.2, -0.15) is 0 Å². The highest BCUT2D eigenvalue weighted by Gasteiger charge is 2.54. The highest BCUT2D eigenvalue weighted by Crippen LogP contribution is 2.53. The van der Waals surface area contributed by atoms with E-state index in [0.29, 0.717) is 41.2 Å². The van der Waals surface area contributed by atoms with Crippen LogP contribution in [0.4, 0.5) is 8.78 Å². The van der Waals surface area contributed by atoms with Crippen LogP contribution in [0.3, 0.4) is 0 Å². The van der Waals surface area contributed by atoms with Crippen LogP contribution in [0.25, 0.3) is 0 Å². The van der Waals surface area contributed by atoms with Gasteiger partial charge in [0.05, 0.1) is 28.9 Å². The van der Waals surface area contributed by atoms with Crippen LogP contribution in [-0.2, 0) is 27.2 Å². The fourth-order valence-corrected chi connectivity index (χ4v) is 6.63. The zero-order valence-corrected chi connectivity index (χ0v) is 19.4. The number of thiophene rings is 1. The molecule has 0 unspecified atom stereocenters. The van der Waals surface area contributed by atoms with E-state index in [1.165, 1.54) is 17.4 Å². The number of hydrogen-bond donors (Lipinski definition) is 1. The fraction of sp³-hybridized carbons (Fsp3) is 0.714. The van der Waals surface area contributed by atoms with Gasteiger partial charge in [0.2, 0.25) is 0 Å². The number of rotatable bonds is 4. The molecule has 3 atom stereocenters. The van der Waals surface area contributed by atoms with Crippen molar-refractivity contribution in [2.45, 2.75) is 68.9 Å². The molecule has 0 amide bonds. The number of aromatic nitrogens is 3. The maximum Gasteiger partial charge on any atom is 0.273 e. The molecular formula is C21H27ClF2N4O3S. The number of halogens is 3. The first kappa shape index (κ1) is 22.6. The van der Waals surface area contributed by atoms with Crippen molar-refractivity contribution in [2.24, 2.45) is 0 Å². The molecule has 7 nitrogen and oxygen atoms in total. The third-order valence-electron chi connectivity index (χ3n) is 7.05. The molecule has 11 heteroatoms. The Balaban J connectivity index is 1.31. The zero-order valence-electron chi connectivity index (χ0n) is 17.8. The van der Waals surface area contributed by atoms with Crippen LogP contribution < -0.4 is 0 Å². The molecule has 5 rings (SSSR count). The maximum atomic E-state index is 13.7. The molecular weight excluding hydrogens is 462 g/mol. The number of ether oxygens (including phenoxy) is 2. The van der Waals surface area contributed by atoms with Gasteiger partial charge in [-0.1, -0.05) is 16.8 Å². The first-order valence-corrected chi connectivity index (χ1v) is 12.2. The van der Waals surface area contributed by atoms with Crippen LogP contribution in [0, 0.1) is 0 Å². The van der Waals surface area contributed by atoms with Crippen molar-refractivity contribution >= 4 is 22.9 Å². The van der Waals surface area contributed by atoms with Crippen LogP contribution in [0.1, 0.15) is 54.8 Å². The molecule has 3 aliphatic rings. The highest BCUT2D eigenvalue weighted by molar-refractivity contribution is 7.16. The lowest BCUT2D eigenvalue weighted by atomic mass is 9.78. The minimum atomic E-state index is -2.94. The molecule has 0 radical (unpaired) electrons. The summed E-state index contributed by atoms with van der Waals surface area (Å²) < 4.78 is 41.1. The molecule has 2 saturated heterocycles. The quantitative estimate of drug-likeness (QED) is 0.707. The van der Waals surface area contributed by atoms with Gasteiger partial charge in [0.25, 0.3) is 6.43 Å². The topological polar surface area (TPSA) is 72.6 Å². The fourth-order valence-electron chi connectivity index (χ4n) is 5.14. The summed E-state index contributed by atoms with van der Waals surface area (Å²) in [7, 11) is 0. The number of fused-ring (bicyclic) bond motifs is 2. The Bertz CT molecular complexity index is 969. The van der Waals surface area contributed by atoms with E-state index in [2.05, 4.69) is 22.1 Å². The maximum absolute atomic E-state index is 13.7. The third-order valence-corrected chi connectivity index (χ3v) is 8.50. The van der Waals surface area contributed by atoms with Crippen molar-refractivity contribution in [1.29, 1.82) is 0 Å². The Kier molecular flexibility index (Phi) is 6.05. The molecule has 2 aromatic rings. The highest BCUT2D eigenvalue weighted by atomic mass is 35.5. The summed E-state index contributed by atoms with van der Waals surface area (Å²) in [5, 5.41) is 19.3. The molecule has 1 N–H and O–H groups in total. The molecule has 2 fully saturated rings. The first-order chi connectivity index (χ1) is 15.3. The van der Waals surface area contributed by atoms with Crippen molar-refractivity contribution in [2.75, 3.05) is 26.4 Å². The van der Waals surface area contributed by atoms with Crippen LogP contribution in [0.5, 0.6) is 0 Å². The van der Waals surface area contributed by atoms with E-state index in [1.54, 1.807) is 0 Å². The van der Waals surface area contributed by atoms with Crippen molar-refractivity contribution < 1.29 is 23.4 Å². The van der Waals surface area contributed by atoms with Gasteiger partial charge < -0.3 is 14.6 Å². The monoisotopic (exact) mass is 488 g/mol. The van der Waals surface area contributed by atoms with Crippen LogP contribution >= 0.6 is 22.9 Å². The van der Waals surface area contributed by atoms with Gasteiger partial charge in [0.15, 0.2) is 5.60 Å². The Morgan fingerprint density at radius 3 is 2.88 bits per heavy atom. The molecule has 176 valence electrons. The van der Waals surface area contributed by atoms with E-state index in [1.807, 2.05) is 10.9 Å². The van der Waals surface area contributed by atoms with Crippen LogP contribution in [0.15, 0.2) is 12.3 Å². The number of likely N-dealkylation sites (tertiary alicyclic amines) is 1. The summed E-state index contributed by atoms with van der Waals surface area (Å²) in [6.45, 7) is 4.56. The molecule has 2 aromatic heterocycles. The van der Waals surface area contributed by atoms with Crippen molar-refractivity contribution in [3.8, 4) is 0 Å². The predicted octanol–water partition coefficient (Wildman–Crippen LogP) is 3.71. The van der Waals surface area contributed by atoms with Gasteiger partial charge in [-0.05, 0) is 38.7 Å². The summed E-state index contributed by atoms with van der Waals surface area (Å²) in [4.78, 5) is 2.95. The Labute approximate surface area is 194 Å². The number of alkyl halides is 2.